The first kappa shape index (κ1) is 16.1. The second kappa shape index (κ2) is 7.22. The minimum absolute atomic E-state index is 0.302. The Labute approximate surface area is 141 Å². The van der Waals surface area contributed by atoms with Gasteiger partial charge >= 0.3 is 0 Å². The zero-order valence-corrected chi connectivity index (χ0v) is 14.4. The predicted octanol–water partition coefficient (Wildman–Crippen LogP) is 1.27. The summed E-state index contributed by atoms with van der Waals surface area (Å²) < 4.78 is 0. The highest BCUT2D eigenvalue weighted by Crippen LogP contribution is 2.43. The van der Waals surface area contributed by atoms with E-state index in [4.69, 9.17) is 5.11 Å². The number of nitrogens with zero attached hydrogens (tertiary/aromatic N) is 3. The van der Waals surface area contributed by atoms with Crippen molar-refractivity contribution in [1.82, 2.24) is 14.7 Å². The Kier molecular flexibility index (Phi) is 5.04. The number of aliphatic hydroxyl groups is 1. The van der Waals surface area contributed by atoms with Crippen LogP contribution in [-0.4, -0.2) is 84.8 Å². The van der Waals surface area contributed by atoms with Gasteiger partial charge in [-0.2, -0.15) is 0 Å². The van der Waals surface area contributed by atoms with Crippen molar-refractivity contribution in [2.45, 2.75) is 31.7 Å². The molecule has 0 aromatic carbocycles. The molecule has 2 bridgehead atoms. The second-order valence-electron chi connectivity index (χ2n) is 8.17. The van der Waals surface area contributed by atoms with Crippen LogP contribution in [0.2, 0.25) is 0 Å². The van der Waals surface area contributed by atoms with E-state index in [1.54, 1.807) is 0 Å². The smallest absolute Gasteiger partial charge is 0.0558 e. The first-order valence-corrected chi connectivity index (χ1v) is 9.80. The lowest BCUT2D eigenvalue weighted by Crippen LogP contribution is -2.53. The molecule has 4 aliphatic rings. The van der Waals surface area contributed by atoms with E-state index in [9.17, 15) is 0 Å². The molecule has 2 aliphatic carbocycles. The highest BCUT2D eigenvalue weighted by Gasteiger charge is 2.37. The van der Waals surface area contributed by atoms with Crippen molar-refractivity contribution in [3.63, 3.8) is 0 Å². The summed E-state index contributed by atoms with van der Waals surface area (Å²) in [5.74, 6) is 2.76. The van der Waals surface area contributed by atoms with Gasteiger partial charge in [-0.25, -0.2) is 0 Å². The van der Waals surface area contributed by atoms with Gasteiger partial charge in [-0.3, -0.25) is 9.80 Å². The molecule has 2 aliphatic heterocycles. The van der Waals surface area contributed by atoms with Crippen LogP contribution in [0, 0.1) is 17.8 Å². The molecule has 1 saturated carbocycles. The lowest BCUT2D eigenvalue weighted by atomic mass is 9.92. The molecule has 4 heteroatoms. The van der Waals surface area contributed by atoms with Gasteiger partial charge in [0.25, 0.3) is 0 Å². The standard InChI is InChI=1S/C19H33N3O/c23-12-11-20-7-9-22(10-8-20)19-3-5-21(6-4-19)15-18-14-16-1-2-17(18)13-16/h1-2,16-19,23H,3-15H2/t16-,17-,18+/m0/s1. The van der Waals surface area contributed by atoms with Gasteiger partial charge in [-0.1, -0.05) is 12.2 Å². The molecule has 1 N–H and O–H groups in total. The van der Waals surface area contributed by atoms with Crippen molar-refractivity contribution in [3.8, 4) is 0 Å². The Morgan fingerprint density at radius 2 is 1.65 bits per heavy atom. The van der Waals surface area contributed by atoms with Crippen LogP contribution in [-0.2, 0) is 0 Å². The number of β-amino-alcohol motifs (C(OH)–C–C–N with tert-alkyl or cyclic N) is 1. The van der Waals surface area contributed by atoms with E-state index in [-0.39, 0.29) is 0 Å². The molecular weight excluding hydrogens is 286 g/mol. The van der Waals surface area contributed by atoms with Gasteiger partial charge < -0.3 is 10.0 Å². The molecule has 0 unspecified atom stereocenters. The van der Waals surface area contributed by atoms with Crippen molar-refractivity contribution >= 4 is 0 Å². The van der Waals surface area contributed by atoms with Crippen LogP contribution >= 0.6 is 0 Å². The molecule has 3 atom stereocenters. The summed E-state index contributed by atoms with van der Waals surface area (Å²) >= 11 is 0. The minimum atomic E-state index is 0.302. The van der Waals surface area contributed by atoms with Crippen molar-refractivity contribution < 1.29 is 5.11 Å². The Morgan fingerprint density at radius 1 is 0.870 bits per heavy atom. The third-order valence-electron chi connectivity index (χ3n) is 6.81. The highest BCUT2D eigenvalue weighted by molar-refractivity contribution is 5.10. The molecule has 0 amide bonds. The Morgan fingerprint density at radius 3 is 2.26 bits per heavy atom. The topological polar surface area (TPSA) is 30.0 Å². The first-order valence-electron chi connectivity index (χ1n) is 9.80. The summed E-state index contributed by atoms with van der Waals surface area (Å²) in [4.78, 5) is 7.86. The lowest BCUT2D eigenvalue weighted by molar-refractivity contribution is 0.0490. The molecular formula is C19H33N3O. The fraction of sp³-hybridized carbons (Fsp3) is 0.895. The SMILES string of the molecule is OCCN1CCN(C2CCN(C[C@H]3C[C@H]4C=C[C@H]3C4)CC2)CC1. The van der Waals surface area contributed by atoms with E-state index in [0.717, 1.165) is 43.4 Å². The summed E-state index contributed by atoms with van der Waals surface area (Å²) in [5.41, 5.74) is 0. The maximum absolute atomic E-state index is 9.05. The van der Waals surface area contributed by atoms with Gasteiger partial charge in [-0.05, 0) is 56.5 Å². The van der Waals surface area contributed by atoms with E-state index in [2.05, 4.69) is 26.9 Å². The molecule has 23 heavy (non-hydrogen) atoms. The lowest BCUT2D eigenvalue weighted by Gasteiger charge is -2.43. The zero-order chi connectivity index (χ0) is 15.6. The van der Waals surface area contributed by atoms with Crippen LogP contribution in [0.15, 0.2) is 12.2 Å². The monoisotopic (exact) mass is 319 g/mol. The summed E-state index contributed by atoms with van der Waals surface area (Å²) in [6, 6.07) is 0.808. The quantitative estimate of drug-likeness (QED) is 0.773. The third-order valence-corrected chi connectivity index (χ3v) is 6.81. The van der Waals surface area contributed by atoms with E-state index in [1.165, 1.54) is 58.4 Å². The molecule has 0 radical (unpaired) electrons. The van der Waals surface area contributed by atoms with E-state index >= 15 is 0 Å². The molecule has 4 nitrogen and oxygen atoms in total. The number of aliphatic hydroxyl groups excluding tert-OH is 1. The average Bonchev–Trinajstić information content (AvgIpc) is 3.20. The number of hydrogen-bond donors (Lipinski definition) is 1. The largest absolute Gasteiger partial charge is 0.395 e. The zero-order valence-electron chi connectivity index (χ0n) is 14.4. The molecule has 0 aromatic heterocycles. The highest BCUT2D eigenvalue weighted by atomic mass is 16.3. The average molecular weight is 319 g/mol. The van der Waals surface area contributed by atoms with Crippen LogP contribution in [0.25, 0.3) is 0 Å². The summed E-state index contributed by atoms with van der Waals surface area (Å²) in [5, 5.41) is 9.05. The summed E-state index contributed by atoms with van der Waals surface area (Å²) in [6.45, 7) is 9.78. The molecule has 2 heterocycles. The van der Waals surface area contributed by atoms with E-state index in [0.29, 0.717) is 6.61 Å². The molecule has 2 saturated heterocycles. The van der Waals surface area contributed by atoms with E-state index < -0.39 is 0 Å². The normalized spacial score (nSPS) is 37.0. The number of likely N-dealkylation sites (tertiary alicyclic amines) is 1. The molecule has 130 valence electrons. The van der Waals surface area contributed by atoms with Crippen LogP contribution in [0.4, 0.5) is 0 Å². The number of rotatable bonds is 5. The summed E-state index contributed by atoms with van der Waals surface area (Å²) in [7, 11) is 0. The fourth-order valence-corrected chi connectivity index (χ4v) is 5.40. The number of piperazine rings is 1. The van der Waals surface area contributed by atoms with Gasteiger partial charge in [0.2, 0.25) is 0 Å². The Hall–Kier alpha value is -0.420. The van der Waals surface area contributed by atoms with Gasteiger partial charge in [0.1, 0.15) is 0 Å². The molecule has 4 rings (SSSR count). The van der Waals surface area contributed by atoms with Crippen molar-refractivity contribution in [2.75, 3.05) is 59.0 Å². The maximum atomic E-state index is 9.05. The van der Waals surface area contributed by atoms with E-state index in [1.807, 2.05) is 0 Å². The number of allylic oxidation sites excluding steroid dienone is 2. The van der Waals surface area contributed by atoms with Gasteiger partial charge in [0.05, 0.1) is 6.61 Å². The van der Waals surface area contributed by atoms with Crippen LogP contribution in [0.1, 0.15) is 25.7 Å². The number of hydrogen-bond acceptors (Lipinski definition) is 4. The second-order valence-corrected chi connectivity index (χ2v) is 8.17. The Balaban J connectivity index is 1.19. The van der Waals surface area contributed by atoms with Crippen molar-refractivity contribution in [3.05, 3.63) is 12.2 Å². The van der Waals surface area contributed by atoms with Gasteiger partial charge in [0, 0.05) is 45.3 Å². The van der Waals surface area contributed by atoms with Crippen LogP contribution in [0.3, 0.4) is 0 Å². The number of fused-ring (bicyclic) bond motifs is 2. The molecule has 0 spiro atoms. The summed E-state index contributed by atoms with van der Waals surface area (Å²) in [6.07, 6.45) is 10.6. The fourth-order valence-electron chi connectivity index (χ4n) is 5.40. The molecule has 0 aromatic rings. The van der Waals surface area contributed by atoms with Gasteiger partial charge in [0.15, 0.2) is 0 Å². The maximum Gasteiger partial charge on any atom is 0.0558 e. The van der Waals surface area contributed by atoms with Crippen molar-refractivity contribution in [1.29, 1.82) is 0 Å². The van der Waals surface area contributed by atoms with Crippen LogP contribution in [0.5, 0.6) is 0 Å². The van der Waals surface area contributed by atoms with Gasteiger partial charge in [-0.15, -0.1) is 0 Å². The molecule has 3 fully saturated rings. The minimum Gasteiger partial charge on any atom is -0.395 e. The first-order chi connectivity index (χ1) is 11.3. The van der Waals surface area contributed by atoms with Crippen LogP contribution < -0.4 is 0 Å². The number of piperidine rings is 1. The van der Waals surface area contributed by atoms with Crippen molar-refractivity contribution in [2.24, 2.45) is 17.8 Å². The Bertz CT molecular complexity index is 411. The predicted molar refractivity (Wildman–Crippen MR) is 93.4 cm³/mol. The third kappa shape index (κ3) is 3.65.